The molecular weight excluding hydrogens is 278 g/mol. The third kappa shape index (κ3) is 4.24. The number of nitrogens with two attached hydrogens (primary N) is 1. The van der Waals surface area contributed by atoms with Gasteiger partial charge in [0.2, 0.25) is 0 Å². The van der Waals surface area contributed by atoms with E-state index in [4.69, 9.17) is 5.73 Å². The summed E-state index contributed by atoms with van der Waals surface area (Å²) in [5.41, 5.74) is 5.61. The van der Waals surface area contributed by atoms with E-state index in [0.29, 0.717) is 5.75 Å². The third-order valence-corrected chi connectivity index (χ3v) is 3.34. The lowest BCUT2D eigenvalue weighted by Gasteiger charge is -2.08. The summed E-state index contributed by atoms with van der Waals surface area (Å²) in [6.07, 6.45) is 0. The lowest BCUT2D eigenvalue weighted by Crippen LogP contribution is -2.33. The second-order valence-electron chi connectivity index (χ2n) is 2.90. The molecule has 5 heteroatoms. The minimum atomic E-state index is -0.570. The summed E-state index contributed by atoms with van der Waals surface area (Å²) in [5.74, 6) is 0.140. The Bertz CT molecular complexity index is 346. The molecule has 82 valence electrons. The predicted octanol–water partition coefficient (Wildman–Crippen LogP) is 2.04. The number of hydrogen-bond acceptors (Lipinski definition) is 4. The van der Waals surface area contributed by atoms with Crippen molar-refractivity contribution in [1.82, 2.24) is 0 Å². The van der Waals surface area contributed by atoms with Gasteiger partial charge in [0.05, 0.1) is 7.11 Å². The molecule has 3 nitrogen and oxygen atoms in total. The Kier molecular flexibility index (Phi) is 5.14. The van der Waals surface area contributed by atoms with E-state index >= 15 is 0 Å². The molecule has 0 aromatic heterocycles. The number of rotatable bonds is 4. The summed E-state index contributed by atoms with van der Waals surface area (Å²) >= 11 is 4.91. The first-order chi connectivity index (χ1) is 7.13. The van der Waals surface area contributed by atoms with E-state index in [9.17, 15) is 4.79 Å². The van der Waals surface area contributed by atoms with Crippen LogP contribution >= 0.6 is 27.7 Å². The summed E-state index contributed by atoms with van der Waals surface area (Å²) < 4.78 is 5.55. The van der Waals surface area contributed by atoms with Gasteiger partial charge in [0.25, 0.3) is 0 Å². The molecule has 0 saturated heterocycles. The molecule has 1 unspecified atom stereocenters. The molecule has 1 atom stereocenters. The Balaban J connectivity index is 2.47. The SMILES string of the molecule is COC(=O)C(N)CSc1cccc(Br)c1. The summed E-state index contributed by atoms with van der Waals surface area (Å²) in [6.45, 7) is 0. The second-order valence-corrected chi connectivity index (χ2v) is 4.91. The standard InChI is InChI=1S/C10H12BrNO2S/c1-14-10(13)9(12)6-15-8-4-2-3-7(11)5-8/h2-5,9H,6,12H2,1H3. The number of esters is 1. The van der Waals surface area contributed by atoms with E-state index in [2.05, 4.69) is 20.7 Å². The molecule has 0 radical (unpaired) electrons. The van der Waals surface area contributed by atoms with Crippen LogP contribution in [0.5, 0.6) is 0 Å². The van der Waals surface area contributed by atoms with E-state index in [-0.39, 0.29) is 5.97 Å². The van der Waals surface area contributed by atoms with E-state index in [1.165, 1.54) is 18.9 Å². The Hall–Kier alpha value is -0.520. The van der Waals surface area contributed by atoms with Crippen molar-refractivity contribution in [3.8, 4) is 0 Å². The highest BCUT2D eigenvalue weighted by Crippen LogP contribution is 2.22. The van der Waals surface area contributed by atoms with Gasteiger partial charge in [0, 0.05) is 15.1 Å². The van der Waals surface area contributed by atoms with Crippen LogP contribution in [-0.2, 0) is 9.53 Å². The highest BCUT2D eigenvalue weighted by Gasteiger charge is 2.13. The molecule has 0 bridgehead atoms. The predicted molar refractivity (Wildman–Crippen MR) is 64.9 cm³/mol. The van der Waals surface area contributed by atoms with Gasteiger partial charge >= 0.3 is 5.97 Å². The number of benzene rings is 1. The molecule has 0 spiro atoms. The lowest BCUT2D eigenvalue weighted by atomic mass is 10.4. The molecule has 0 aliphatic carbocycles. The molecule has 0 saturated carbocycles. The van der Waals surface area contributed by atoms with E-state index in [1.54, 1.807) is 0 Å². The number of methoxy groups -OCH3 is 1. The van der Waals surface area contributed by atoms with Crippen molar-refractivity contribution in [2.75, 3.05) is 12.9 Å². The molecule has 0 amide bonds. The van der Waals surface area contributed by atoms with Crippen LogP contribution in [0.15, 0.2) is 33.6 Å². The number of carbonyl (C=O) groups excluding carboxylic acids is 1. The maximum atomic E-state index is 11.0. The van der Waals surface area contributed by atoms with Gasteiger partial charge in [-0.15, -0.1) is 11.8 Å². The fourth-order valence-corrected chi connectivity index (χ4v) is 2.41. The Morgan fingerprint density at radius 3 is 3.00 bits per heavy atom. The molecule has 1 rings (SSSR count). The molecule has 15 heavy (non-hydrogen) atoms. The van der Waals surface area contributed by atoms with Gasteiger partial charge in [-0.25, -0.2) is 0 Å². The number of ether oxygens (including phenoxy) is 1. The Morgan fingerprint density at radius 2 is 2.40 bits per heavy atom. The van der Waals surface area contributed by atoms with Gasteiger partial charge in [-0.3, -0.25) is 4.79 Å². The van der Waals surface area contributed by atoms with Gasteiger partial charge in [-0.1, -0.05) is 22.0 Å². The molecule has 0 aliphatic heterocycles. The molecule has 0 fully saturated rings. The first-order valence-corrected chi connectivity index (χ1v) is 6.13. The monoisotopic (exact) mass is 289 g/mol. The largest absolute Gasteiger partial charge is 0.468 e. The van der Waals surface area contributed by atoms with Gasteiger partial charge in [0.15, 0.2) is 0 Å². The van der Waals surface area contributed by atoms with Crippen LogP contribution in [0.1, 0.15) is 0 Å². The average Bonchev–Trinajstić information content (AvgIpc) is 2.25. The Morgan fingerprint density at radius 1 is 1.67 bits per heavy atom. The van der Waals surface area contributed by atoms with Crippen LogP contribution < -0.4 is 5.73 Å². The highest BCUT2D eigenvalue weighted by molar-refractivity contribution is 9.10. The Labute approximate surface area is 101 Å². The normalized spacial score (nSPS) is 12.2. The molecule has 2 N–H and O–H groups in total. The number of halogens is 1. The van der Waals surface area contributed by atoms with Crippen molar-refractivity contribution in [2.45, 2.75) is 10.9 Å². The summed E-state index contributed by atoms with van der Waals surface area (Å²) in [6, 6.07) is 7.27. The average molecular weight is 290 g/mol. The zero-order valence-corrected chi connectivity index (χ0v) is 10.7. The molecule has 1 aromatic carbocycles. The third-order valence-electron chi connectivity index (χ3n) is 1.73. The first-order valence-electron chi connectivity index (χ1n) is 4.35. The second kappa shape index (κ2) is 6.15. The topological polar surface area (TPSA) is 52.3 Å². The summed E-state index contributed by atoms with van der Waals surface area (Å²) in [7, 11) is 1.34. The van der Waals surface area contributed by atoms with Crippen molar-refractivity contribution in [3.63, 3.8) is 0 Å². The summed E-state index contributed by atoms with van der Waals surface area (Å²) in [5, 5.41) is 0. The van der Waals surface area contributed by atoms with Gasteiger partial charge < -0.3 is 10.5 Å². The fraction of sp³-hybridized carbons (Fsp3) is 0.300. The van der Waals surface area contributed by atoms with E-state index in [0.717, 1.165) is 9.37 Å². The molecular formula is C10H12BrNO2S. The van der Waals surface area contributed by atoms with Gasteiger partial charge in [-0.05, 0) is 18.2 Å². The van der Waals surface area contributed by atoms with Gasteiger partial charge in [0.1, 0.15) is 6.04 Å². The maximum absolute atomic E-state index is 11.0. The fourth-order valence-electron chi connectivity index (χ4n) is 0.962. The quantitative estimate of drug-likeness (QED) is 0.681. The molecule has 1 aromatic rings. The van der Waals surface area contributed by atoms with Gasteiger partial charge in [-0.2, -0.15) is 0 Å². The highest BCUT2D eigenvalue weighted by atomic mass is 79.9. The zero-order valence-electron chi connectivity index (χ0n) is 8.27. The van der Waals surface area contributed by atoms with Crippen molar-refractivity contribution < 1.29 is 9.53 Å². The number of hydrogen-bond donors (Lipinski definition) is 1. The van der Waals surface area contributed by atoms with Crippen molar-refractivity contribution in [3.05, 3.63) is 28.7 Å². The zero-order chi connectivity index (χ0) is 11.3. The maximum Gasteiger partial charge on any atom is 0.323 e. The smallest absolute Gasteiger partial charge is 0.323 e. The van der Waals surface area contributed by atoms with E-state index < -0.39 is 6.04 Å². The van der Waals surface area contributed by atoms with Crippen molar-refractivity contribution in [2.24, 2.45) is 5.73 Å². The van der Waals surface area contributed by atoms with Crippen LogP contribution in [0.2, 0.25) is 0 Å². The minimum Gasteiger partial charge on any atom is -0.468 e. The van der Waals surface area contributed by atoms with Crippen LogP contribution in [0, 0.1) is 0 Å². The molecule has 0 heterocycles. The first kappa shape index (κ1) is 12.5. The van der Waals surface area contributed by atoms with Crippen LogP contribution in [-0.4, -0.2) is 24.9 Å². The van der Waals surface area contributed by atoms with Crippen LogP contribution in [0.4, 0.5) is 0 Å². The van der Waals surface area contributed by atoms with Crippen LogP contribution in [0.25, 0.3) is 0 Å². The summed E-state index contributed by atoms with van der Waals surface area (Å²) in [4.78, 5) is 12.1. The number of thioether (sulfide) groups is 1. The molecule has 0 aliphatic rings. The number of carbonyl (C=O) groups is 1. The minimum absolute atomic E-state index is 0.377. The lowest BCUT2D eigenvalue weighted by molar-refractivity contribution is -0.141. The van der Waals surface area contributed by atoms with Crippen molar-refractivity contribution >= 4 is 33.7 Å². The van der Waals surface area contributed by atoms with Crippen molar-refractivity contribution in [1.29, 1.82) is 0 Å². The van der Waals surface area contributed by atoms with Crippen LogP contribution in [0.3, 0.4) is 0 Å². The van der Waals surface area contributed by atoms with E-state index in [1.807, 2.05) is 24.3 Å².